The number of hydrogen-bond acceptors (Lipinski definition) is 2. The normalized spacial score (nSPS) is 22.6. The molecule has 1 N–H and O–H groups in total. The van der Waals surface area contributed by atoms with E-state index in [9.17, 15) is 0 Å². The van der Waals surface area contributed by atoms with Crippen LogP contribution < -0.4 is 5.32 Å². The summed E-state index contributed by atoms with van der Waals surface area (Å²) in [6.07, 6.45) is 13.7. The molecule has 1 aliphatic rings. The molecular formula is C19H40N2. The van der Waals surface area contributed by atoms with Gasteiger partial charge in [-0.25, -0.2) is 0 Å². The minimum Gasteiger partial charge on any atom is -0.308 e. The minimum atomic E-state index is 0.382. The van der Waals surface area contributed by atoms with Crippen LogP contribution in [0.4, 0.5) is 0 Å². The van der Waals surface area contributed by atoms with Crippen LogP contribution in [-0.2, 0) is 0 Å². The lowest BCUT2D eigenvalue weighted by molar-refractivity contribution is 0.0690. The van der Waals surface area contributed by atoms with Crippen molar-refractivity contribution in [1.82, 2.24) is 10.2 Å². The van der Waals surface area contributed by atoms with Gasteiger partial charge in [-0.2, -0.15) is 0 Å². The van der Waals surface area contributed by atoms with E-state index in [1.807, 2.05) is 0 Å². The Labute approximate surface area is 134 Å². The van der Waals surface area contributed by atoms with Crippen molar-refractivity contribution in [3.8, 4) is 0 Å². The second kappa shape index (κ2) is 10.6. The van der Waals surface area contributed by atoms with Gasteiger partial charge in [0.15, 0.2) is 0 Å². The molecule has 1 atom stereocenters. The first-order valence-corrected chi connectivity index (χ1v) is 9.70. The Morgan fingerprint density at radius 3 is 2.10 bits per heavy atom. The van der Waals surface area contributed by atoms with Gasteiger partial charge in [-0.15, -0.1) is 0 Å². The van der Waals surface area contributed by atoms with E-state index in [2.05, 4.69) is 37.9 Å². The topological polar surface area (TPSA) is 15.3 Å². The van der Waals surface area contributed by atoms with Crippen LogP contribution in [-0.4, -0.2) is 36.1 Å². The summed E-state index contributed by atoms with van der Waals surface area (Å²) in [5.74, 6) is 0. The Balaban J connectivity index is 2.28. The van der Waals surface area contributed by atoms with Crippen LogP contribution in [0, 0.1) is 0 Å². The SMILES string of the molecule is CCCCCCCCCN1CC(CC)(CC)NCC1CC. The van der Waals surface area contributed by atoms with Crippen LogP contribution in [0.25, 0.3) is 0 Å². The van der Waals surface area contributed by atoms with Crippen molar-refractivity contribution in [2.45, 2.75) is 103 Å². The van der Waals surface area contributed by atoms with E-state index in [1.165, 1.54) is 83.8 Å². The van der Waals surface area contributed by atoms with Crippen molar-refractivity contribution in [3.05, 3.63) is 0 Å². The van der Waals surface area contributed by atoms with Crippen molar-refractivity contribution in [1.29, 1.82) is 0 Å². The Morgan fingerprint density at radius 2 is 1.52 bits per heavy atom. The lowest BCUT2D eigenvalue weighted by atomic mass is 9.88. The fourth-order valence-corrected chi connectivity index (χ4v) is 3.70. The average Bonchev–Trinajstić information content (AvgIpc) is 2.53. The summed E-state index contributed by atoms with van der Waals surface area (Å²) < 4.78 is 0. The van der Waals surface area contributed by atoms with Gasteiger partial charge in [-0.05, 0) is 32.2 Å². The van der Waals surface area contributed by atoms with E-state index >= 15 is 0 Å². The predicted octanol–water partition coefficient (Wildman–Crippen LogP) is 4.98. The van der Waals surface area contributed by atoms with Gasteiger partial charge < -0.3 is 5.32 Å². The number of rotatable bonds is 11. The summed E-state index contributed by atoms with van der Waals surface area (Å²) in [6.45, 7) is 13.1. The third-order valence-corrected chi connectivity index (χ3v) is 5.61. The van der Waals surface area contributed by atoms with Gasteiger partial charge in [0.2, 0.25) is 0 Å². The van der Waals surface area contributed by atoms with E-state index in [-0.39, 0.29) is 0 Å². The maximum Gasteiger partial charge on any atom is 0.0304 e. The highest BCUT2D eigenvalue weighted by atomic mass is 15.2. The summed E-state index contributed by atoms with van der Waals surface area (Å²) >= 11 is 0. The molecule has 2 heteroatoms. The number of piperazine rings is 1. The summed E-state index contributed by atoms with van der Waals surface area (Å²) in [5, 5.41) is 3.85. The van der Waals surface area contributed by atoms with Crippen molar-refractivity contribution >= 4 is 0 Å². The molecule has 0 aliphatic carbocycles. The number of nitrogens with zero attached hydrogens (tertiary/aromatic N) is 1. The average molecular weight is 297 g/mol. The zero-order valence-corrected chi connectivity index (χ0v) is 15.2. The molecule has 1 saturated heterocycles. The monoisotopic (exact) mass is 296 g/mol. The van der Waals surface area contributed by atoms with Crippen LogP contribution in [0.3, 0.4) is 0 Å². The second-order valence-corrected chi connectivity index (χ2v) is 7.02. The third kappa shape index (κ3) is 6.28. The molecule has 1 heterocycles. The number of unbranched alkanes of at least 4 members (excludes halogenated alkanes) is 6. The molecule has 1 aliphatic heterocycles. The zero-order valence-electron chi connectivity index (χ0n) is 15.2. The van der Waals surface area contributed by atoms with Gasteiger partial charge in [0.25, 0.3) is 0 Å². The molecule has 0 amide bonds. The second-order valence-electron chi connectivity index (χ2n) is 7.02. The highest BCUT2D eigenvalue weighted by Gasteiger charge is 2.35. The fraction of sp³-hybridized carbons (Fsp3) is 1.00. The first-order valence-electron chi connectivity index (χ1n) is 9.70. The van der Waals surface area contributed by atoms with E-state index < -0.39 is 0 Å². The Hall–Kier alpha value is -0.0800. The lowest BCUT2D eigenvalue weighted by Crippen LogP contribution is -2.63. The molecule has 0 saturated carbocycles. The van der Waals surface area contributed by atoms with Crippen LogP contribution in [0.2, 0.25) is 0 Å². The van der Waals surface area contributed by atoms with Gasteiger partial charge in [0.05, 0.1) is 0 Å². The Bertz CT molecular complexity index is 248. The molecule has 2 nitrogen and oxygen atoms in total. The van der Waals surface area contributed by atoms with Crippen molar-refractivity contribution in [2.24, 2.45) is 0 Å². The van der Waals surface area contributed by atoms with Crippen LogP contribution >= 0.6 is 0 Å². The predicted molar refractivity (Wildman–Crippen MR) is 95.0 cm³/mol. The van der Waals surface area contributed by atoms with Crippen LogP contribution in [0.15, 0.2) is 0 Å². The minimum absolute atomic E-state index is 0.382. The molecule has 0 radical (unpaired) electrons. The molecule has 0 aromatic heterocycles. The molecular weight excluding hydrogens is 256 g/mol. The summed E-state index contributed by atoms with van der Waals surface area (Å²) in [7, 11) is 0. The van der Waals surface area contributed by atoms with Gasteiger partial charge in [0, 0.05) is 24.7 Å². The van der Waals surface area contributed by atoms with Gasteiger partial charge in [-0.1, -0.05) is 66.2 Å². The van der Waals surface area contributed by atoms with Crippen molar-refractivity contribution in [2.75, 3.05) is 19.6 Å². The van der Waals surface area contributed by atoms with Gasteiger partial charge in [0.1, 0.15) is 0 Å². The van der Waals surface area contributed by atoms with Gasteiger partial charge >= 0.3 is 0 Å². The van der Waals surface area contributed by atoms with Crippen LogP contribution in [0.5, 0.6) is 0 Å². The lowest BCUT2D eigenvalue weighted by Gasteiger charge is -2.47. The highest BCUT2D eigenvalue weighted by molar-refractivity contribution is 4.96. The first-order chi connectivity index (χ1) is 10.2. The van der Waals surface area contributed by atoms with E-state index in [1.54, 1.807) is 0 Å². The number of hydrogen-bond donors (Lipinski definition) is 1. The van der Waals surface area contributed by atoms with E-state index in [0.29, 0.717) is 5.54 Å². The standard InChI is InChI=1S/C19H40N2/c1-5-9-10-11-12-13-14-15-21-17-19(7-3,8-4)20-16-18(21)6-2/h18,20H,5-17H2,1-4H3. The van der Waals surface area contributed by atoms with Crippen molar-refractivity contribution in [3.63, 3.8) is 0 Å². The molecule has 1 fully saturated rings. The summed E-state index contributed by atoms with van der Waals surface area (Å²) in [4.78, 5) is 2.79. The molecule has 1 rings (SSSR count). The highest BCUT2D eigenvalue weighted by Crippen LogP contribution is 2.24. The summed E-state index contributed by atoms with van der Waals surface area (Å²) in [5.41, 5.74) is 0.382. The summed E-state index contributed by atoms with van der Waals surface area (Å²) in [6, 6.07) is 0.760. The Kier molecular flexibility index (Phi) is 9.59. The maximum atomic E-state index is 3.85. The smallest absolute Gasteiger partial charge is 0.0304 e. The largest absolute Gasteiger partial charge is 0.308 e. The van der Waals surface area contributed by atoms with Gasteiger partial charge in [-0.3, -0.25) is 4.90 Å². The third-order valence-electron chi connectivity index (χ3n) is 5.61. The molecule has 21 heavy (non-hydrogen) atoms. The van der Waals surface area contributed by atoms with Crippen molar-refractivity contribution < 1.29 is 0 Å². The Morgan fingerprint density at radius 1 is 0.905 bits per heavy atom. The molecule has 0 spiro atoms. The zero-order chi connectivity index (χ0) is 15.6. The number of nitrogens with one attached hydrogen (secondary N) is 1. The molecule has 1 unspecified atom stereocenters. The quantitative estimate of drug-likeness (QED) is 0.541. The molecule has 126 valence electrons. The van der Waals surface area contributed by atoms with E-state index in [4.69, 9.17) is 0 Å². The first kappa shape index (κ1) is 19.0. The molecule has 0 aromatic rings. The molecule has 0 aromatic carbocycles. The molecule has 0 bridgehead atoms. The fourth-order valence-electron chi connectivity index (χ4n) is 3.70. The maximum absolute atomic E-state index is 3.85. The van der Waals surface area contributed by atoms with Crippen LogP contribution in [0.1, 0.15) is 91.9 Å². The van der Waals surface area contributed by atoms with E-state index in [0.717, 1.165) is 6.04 Å².